The number of rotatable bonds is 3. The highest BCUT2D eigenvalue weighted by molar-refractivity contribution is 5.94. The van der Waals surface area contributed by atoms with Gasteiger partial charge in [-0.15, -0.1) is 0 Å². The van der Waals surface area contributed by atoms with Crippen LogP contribution in [0.1, 0.15) is 24.1 Å². The normalized spacial score (nSPS) is 19.3. The molecule has 1 fully saturated rings. The van der Waals surface area contributed by atoms with E-state index >= 15 is 0 Å². The van der Waals surface area contributed by atoms with Crippen LogP contribution < -0.4 is 5.32 Å². The molecule has 2 aromatic rings. The lowest BCUT2D eigenvalue weighted by atomic mass is 9.97. The number of benzene rings is 1. The van der Waals surface area contributed by atoms with Crippen molar-refractivity contribution in [3.63, 3.8) is 0 Å². The second-order valence-corrected chi connectivity index (χ2v) is 7.73. The molecule has 0 saturated carbocycles. The van der Waals surface area contributed by atoms with Crippen LogP contribution in [0.2, 0.25) is 0 Å². The van der Waals surface area contributed by atoms with E-state index < -0.39 is 0 Å². The van der Waals surface area contributed by atoms with Crippen molar-refractivity contribution in [2.75, 3.05) is 25.5 Å². The maximum Gasteiger partial charge on any atom is 0.229 e. The molecule has 7 nitrogen and oxygen atoms in total. The van der Waals surface area contributed by atoms with Crippen LogP contribution in [-0.4, -0.2) is 51.8 Å². The molecule has 154 valence electrons. The molecule has 1 N–H and O–H groups in total. The summed E-state index contributed by atoms with van der Waals surface area (Å²) in [6.07, 6.45) is 6.92. The van der Waals surface area contributed by atoms with Crippen molar-refractivity contribution in [2.24, 2.45) is 10.9 Å². The smallest absolute Gasteiger partial charge is 0.229 e. The molecule has 1 atom stereocenters. The molecule has 1 aromatic heterocycles. The molecule has 1 saturated heterocycles. The third-order valence-electron chi connectivity index (χ3n) is 5.46. The summed E-state index contributed by atoms with van der Waals surface area (Å²) >= 11 is 0. The largest absolute Gasteiger partial charge is 0.341 e. The number of piperidine rings is 1. The number of nitrogens with zero attached hydrogens (tertiary/aromatic N) is 5. The highest BCUT2D eigenvalue weighted by Gasteiger charge is 2.31. The summed E-state index contributed by atoms with van der Waals surface area (Å²) in [7, 11) is 1.95. The van der Waals surface area contributed by atoms with Crippen LogP contribution in [0.15, 0.2) is 66.2 Å². The van der Waals surface area contributed by atoms with Gasteiger partial charge in [-0.2, -0.15) is 0 Å². The first kappa shape index (κ1) is 19.8. The summed E-state index contributed by atoms with van der Waals surface area (Å²) in [6, 6.07) is 9.72. The molecule has 0 bridgehead atoms. The number of anilines is 1. The molecule has 3 heterocycles. The summed E-state index contributed by atoms with van der Waals surface area (Å²) in [5.41, 5.74) is 4.30. The van der Waals surface area contributed by atoms with Crippen molar-refractivity contribution in [1.82, 2.24) is 19.8 Å². The van der Waals surface area contributed by atoms with Gasteiger partial charge in [0, 0.05) is 37.7 Å². The Morgan fingerprint density at radius 2 is 2.17 bits per heavy atom. The van der Waals surface area contributed by atoms with E-state index in [9.17, 15) is 4.79 Å². The zero-order valence-corrected chi connectivity index (χ0v) is 17.4. The zero-order valence-electron chi connectivity index (χ0n) is 17.4. The predicted molar refractivity (Wildman–Crippen MR) is 118 cm³/mol. The Kier molecular flexibility index (Phi) is 5.61. The van der Waals surface area contributed by atoms with E-state index in [0.29, 0.717) is 6.54 Å². The summed E-state index contributed by atoms with van der Waals surface area (Å²) < 4.78 is 0. The zero-order chi connectivity index (χ0) is 21.1. The fourth-order valence-electron chi connectivity index (χ4n) is 3.79. The number of guanidine groups is 1. The second kappa shape index (κ2) is 8.49. The van der Waals surface area contributed by atoms with Gasteiger partial charge in [0.15, 0.2) is 0 Å². The first-order valence-corrected chi connectivity index (χ1v) is 10.1. The van der Waals surface area contributed by atoms with Crippen LogP contribution in [0.25, 0.3) is 5.70 Å². The van der Waals surface area contributed by atoms with E-state index in [1.54, 1.807) is 6.20 Å². The highest BCUT2D eigenvalue weighted by Crippen LogP contribution is 2.26. The van der Waals surface area contributed by atoms with Crippen LogP contribution in [0.3, 0.4) is 0 Å². The number of amides is 1. The number of likely N-dealkylation sites (N-methyl/N-ethyl adjacent to an activating group) is 1. The van der Waals surface area contributed by atoms with Gasteiger partial charge in [-0.05, 0) is 49.6 Å². The van der Waals surface area contributed by atoms with Crippen molar-refractivity contribution in [2.45, 2.75) is 19.8 Å². The summed E-state index contributed by atoms with van der Waals surface area (Å²) in [6.45, 7) is 7.64. The Morgan fingerprint density at radius 3 is 2.93 bits per heavy atom. The van der Waals surface area contributed by atoms with Gasteiger partial charge in [-0.1, -0.05) is 18.7 Å². The Balaban J connectivity index is 1.51. The van der Waals surface area contributed by atoms with E-state index in [1.165, 1.54) is 6.33 Å². The second-order valence-electron chi connectivity index (χ2n) is 7.73. The van der Waals surface area contributed by atoms with E-state index in [0.717, 1.165) is 53.7 Å². The quantitative estimate of drug-likeness (QED) is 0.853. The first-order chi connectivity index (χ1) is 14.5. The van der Waals surface area contributed by atoms with Crippen molar-refractivity contribution in [1.29, 1.82) is 0 Å². The Labute approximate surface area is 176 Å². The van der Waals surface area contributed by atoms with Gasteiger partial charge in [0.1, 0.15) is 6.33 Å². The third kappa shape index (κ3) is 4.25. The van der Waals surface area contributed by atoms with Gasteiger partial charge >= 0.3 is 0 Å². The molecular formula is C23H26N6O. The van der Waals surface area contributed by atoms with E-state index in [4.69, 9.17) is 4.99 Å². The van der Waals surface area contributed by atoms with Gasteiger partial charge in [0.05, 0.1) is 17.3 Å². The monoisotopic (exact) mass is 402 g/mol. The lowest BCUT2D eigenvalue weighted by Crippen LogP contribution is -2.49. The van der Waals surface area contributed by atoms with Crippen LogP contribution in [0.5, 0.6) is 0 Å². The molecule has 2 aliphatic rings. The summed E-state index contributed by atoms with van der Waals surface area (Å²) in [4.78, 5) is 30.2. The van der Waals surface area contributed by atoms with Gasteiger partial charge in [-0.25, -0.2) is 15.0 Å². The Morgan fingerprint density at radius 1 is 1.30 bits per heavy atom. The third-order valence-corrected chi connectivity index (χ3v) is 5.46. The maximum absolute atomic E-state index is 12.9. The highest BCUT2D eigenvalue weighted by atomic mass is 16.1. The average molecular weight is 403 g/mol. The van der Waals surface area contributed by atoms with Gasteiger partial charge < -0.3 is 15.1 Å². The fourth-order valence-corrected chi connectivity index (χ4v) is 3.79. The molecule has 0 aliphatic carbocycles. The van der Waals surface area contributed by atoms with Crippen LogP contribution >= 0.6 is 0 Å². The topological polar surface area (TPSA) is 73.7 Å². The van der Waals surface area contributed by atoms with Crippen molar-refractivity contribution in [3.05, 3.63) is 72.5 Å². The van der Waals surface area contributed by atoms with Crippen LogP contribution in [0, 0.1) is 12.8 Å². The van der Waals surface area contributed by atoms with Gasteiger partial charge in [0.2, 0.25) is 11.9 Å². The lowest BCUT2D eigenvalue weighted by Gasteiger charge is -2.39. The molecule has 1 amide bonds. The number of likely N-dealkylation sites (tertiary alicyclic amines) is 1. The van der Waals surface area contributed by atoms with Crippen molar-refractivity contribution in [3.8, 4) is 0 Å². The minimum Gasteiger partial charge on any atom is -0.341 e. The lowest BCUT2D eigenvalue weighted by molar-refractivity contribution is -0.121. The Bertz CT molecular complexity index is 1010. The molecule has 7 heteroatoms. The SMILES string of the molecule is C=C1C=C(c2ccncn2)N=C(N2CCCC(C(=O)Nc3cccc(C)c3)C2)N1C. The van der Waals surface area contributed by atoms with Crippen LogP contribution in [0.4, 0.5) is 5.69 Å². The fraction of sp³-hybridized carbons (Fsp3) is 0.304. The number of aryl methyl sites for hydroxylation is 1. The predicted octanol–water partition coefficient (Wildman–Crippen LogP) is 3.29. The molecule has 0 radical (unpaired) electrons. The minimum absolute atomic E-state index is 0.0507. The maximum atomic E-state index is 12.9. The number of aromatic nitrogens is 2. The summed E-state index contributed by atoms with van der Waals surface area (Å²) in [5, 5.41) is 3.07. The molecule has 30 heavy (non-hydrogen) atoms. The number of carbonyl (C=O) groups excluding carboxylic acids is 1. The minimum atomic E-state index is -0.1000. The van der Waals surface area contributed by atoms with Crippen molar-refractivity contribution < 1.29 is 4.79 Å². The number of nitrogens with one attached hydrogen (secondary N) is 1. The molecular weight excluding hydrogens is 376 g/mol. The van der Waals surface area contributed by atoms with Gasteiger partial charge in [-0.3, -0.25) is 4.79 Å². The molecule has 4 rings (SSSR count). The number of aliphatic imine (C=N–C) groups is 1. The molecule has 0 spiro atoms. The Hall–Kier alpha value is -3.48. The number of allylic oxidation sites excluding steroid dienone is 1. The standard InChI is InChI=1S/C23H26N6O/c1-16-6-4-8-19(12-16)26-22(30)18-7-5-11-29(14-18)23-27-21(13-17(2)28(23)3)20-9-10-24-15-25-20/h4,6,8-10,12-13,15,18H,2,5,7,11,14H2,1,3H3,(H,26,30). The van der Waals surface area contributed by atoms with Crippen LogP contribution in [-0.2, 0) is 4.79 Å². The van der Waals surface area contributed by atoms with E-state index in [1.807, 2.05) is 55.3 Å². The van der Waals surface area contributed by atoms with E-state index in [-0.39, 0.29) is 11.8 Å². The molecule has 1 unspecified atom stereocenters. The number of carbonyl (C=O) groups is 1. The summed E-state index contributed by atoms with van der Waals surface area (Å²) in [5.74, 6) is 0.746. The first-order valence-electron chi connectivity index (χ1n) is 10.1. The van der Waals surface area contributed by atoms with Crippen molar-refractivity contribution >= 4 is 23.3 Å². The number of hydrogen-bond donors (Lipinski definition) is 1. The average Bonchev–Trinajstić information content (AvgIpc) is 2.76. The molecule has 2 aliphatic heterocycles. The number of hydrogen-bond acceptors (Lipinski definition) is 6. The van der Waals surface area contributed by atoms with E-state index in [2.05, 4.69) is 26.8 Å². The molecule has 1 aromatic carbocycles. The van der Waals surface area contributed by atoms with Gasteiger partial charge in [0.25, 0.3) is 0 Å².